The number of aliphatic hydroxyl groups is 1. The molecule has 5 heteroatoms. The summed E-state index contributed by atoms with van der Waals surface area (Å²) in [5, 5.41) is 11.8. The molecular weight excluding hydrogens is 330 g/mol. The molecule has 0 saturated heterocycles. The van der Waals surface area contributed by atoms with Crippen molar-refractivity contribution in [2.24, 2.45) is 0 Å². The van der Waals surface area contributed by atoms with Gasteiger partial charge in [0.1, 0.15) is 19.3 Å². The van der Waals surface area contributed by atoms with E-state index in [0.29, 0.717) is 24.8 Å². The van der Waals surface area contributed by atoms with Crippen LogP contribution in [0.3, 0.4) is 0 Å². The number of rotatable bonds is 4. The zero-order valence-electron chi connectivity index (χ0n) is 14.9. The van der Waals surface area contributed by atoms with E-state index in [2.05, 4.69) is 18.0 Å². The Morgan fingerprint density at radius 3 is 2.54 bits per heavy atom. The van der Waals surface area contributed by atoms with E-state index >= 15 is 0 Å². The summed E-state index contributed by atoms with van der Waals surface area (Å²) >= 11 is 0. The number of hydrogen-bond acceptors (Lipinski definition) is 5. The molecule has 0 saturated carbocycles. The van der Waals surface area contributed by atoms with Gasteiger partial charge in [-0.05, 0) is 47.9 Å². The Balaban J connectivity index is 1.71. The fraction of sp³-hybridized carbons (Fsp3) is 0.286. The summed E-state index contributed by atoms with van der Waals surface area (Å²) in [7, 11) is 1.63. The van der Waals surface area contributed by atoms with E-state index in [1.807, 2.05) is 36.4 Å². The summed E-state index contributed by atoms with van der Waals surface area (Å²) < 4.78 is 16.5. The van der Waals surface area contributed by atoms with Crippen LogP contribution in [-0.4, -0.2) is 30.4 Å². The molecule has 0 spiro atoms. The molecule has 1 atom stereocenters. The molecule has 3 aromatic rings. The summed E-state index contributed by atoms with van der Waals surface area (Å²) in [6, 6.07) is 13.4. The largest absolute Gasteiger partial charge is 0.486 e. The normalized spacial score (nSPS) is 14.3. The second-order valence-corrected chi connectivity index (χ2v) is 6.27. The van der Waals surface area contributed by atoms with Crippen LogP contribution in [0.15, 0.2) is 42.5 Å². The fourth-order valence-electron chi connectivity index (χ4n) is 3.24. The lowest BCUT2D eigenvalue weighted by Gasteiger charge is -2.20. The van der Waals surface area contributed by atoms with E-state index < -0.39 is 6.10 Å². The second kappa shape index (κ2) is 6.84. The number of aryl methyl sites for hydroxylation is 1. The van der Waals surface area contributed by atoms with Crippen molar-refractivity contribution in [1.29, 1.82) is 0 Å². The molecule has 0 bridgehead atoms. The van der Waals surface area contributed by atoms with Crippen LogP contribution in [0.5, 0.6) is 17.4 Å². The van der Waals surface area contributed by atoms with E-state index in [4.69, 9.17) is 14.2 Å². The third kappa shape index (κ3) is 2.95. The van der Waals surface area contributed by atoms with Gasteiger partial charge in [0.15, 0.2) is 11.5 Å². The first-order valence-corrected chi connectivity index (χ1v) is 8.74. The van der Waals surface area contributed by atoms with Gasteiger partial charge in [0, 0.05) is 10.9 Å². The molecular formula is C21H21NO4. The zero-order chi connectivity index (χ0) is 18.1. The molecule has 5 nitrogen and oxygen atoms in total. The summed E-state index contributed by atoms with van der Waals surface area (Å²) in [6.07, 6.45) is 0.0866. The van der Waals surface area contributed by atoms with Gasteiger partial charge < -0.3 is 19.3 Å². The Morgan fingerprint density at radius 1 is 1.04 bits per heavy atom. The van der Waals surface area contributed by atoms with E-state index in [0.717, 1.165) is 39.8 Å². The SMILES string of the molecule is CCc1cc2cc(C(O)c3ccc4c(c3)OCCO4)ccc2nc1OC. The number of pyridine rings is 1. The van der Waals surface area contributed by atoms with Crippen LogP contribution in [0.25, 0.3) is 10.9 Å². The minimum Gasteiger partial charge on any atom is -0.486 e. The molecule has 2 aromatic carbocycles. The molecule has 1 aliphatic heterocycles. The zero-order valence-corrected chi connectivity index (χ0v) is 14.9. The predicted octanol–water partition coefficient (Wildman–Crippen LogP) is 3.66. The van der Waals surface area contributed by atoms with Crippen LogP contribution in [0.4, 0.5) is 0 Å². The molecule has 0 radical (unpaired) electrons. The maximum absolute atomic E-state index is 10.8. The quantitative estimate of drug-likeness (QED) is 0.777. The smallest absolute Gasteiger partial charge is 0.216 e. The molecule has 26 heavy (non-hydrogen) atoms. The van der Waals surface area contributed by atoms with Crippen LogP contribution in [0.1, 0.15) is 29.7 Å². The number of methoxy groups -OCH3 is 1. The van der Waals surface area contributed by atoms with Gasteiger partial charge in [-0.2, -0.15) is 0 Å². The Labute approximate surface area is 152 Å². The molecule has 0 fully saturated rings. The van der Waals surface area contributed by atoms with E-state index in [9.17, 15) is 5.11 Å². The Hall–Kier alpha value is -2.79. The number of nitrogens with zero attached hydrogens (tertiary/aromatic N) is 1. The van der Waals surface area contributed by atoms with E-state index in [1.54, 1.807) is 7.11 Å². The van der Waals surface area contributed by atoms with Gasteiger partial charge in [-0.3, -0.25) is 0 Å². The summed E-state index contributed by atoms with van der Waals surface area (Å²) in [5.41, 5.74) is 3.47. The first-order valence-electron chi connectivity index (χ1n) is 8.74. The molecule has 2 heterocycles. The Kier molecular flexibility index (Phi) is 4.39. The molecule has 0 aliphatic carbocycles. The summed E-state index contributed by atoms with van der Waals surface area (Å²) in [6.45, 7) is 3.14. The highest BCUT2D eigenvalue weighted by atomic mass is 16.6. The minimum absolute atomic E-state index is 0.524. The predicted molar refractivity (Wildman–Crippen MR) is 99.2 cm³/mol. The molecule has 4 rings (SSSR count). The molecule has 134 valence electrons. The monoisotopic (exact) mass is 351 g/mol. The first kappa shape index (κ1) is 16.7. The van der Waals surface area contributed by atoms with Crippen LogP contribution >= 0.6 is 0 Å². The molecule has 1 aliphatic rings. The lowest BCUT2D eigenvalue weighted by Crippen LogP contribution is -2.15. The van der Waals surface area contributed by atoms with Crippen molar-refractivity contribution >= 4 is 10.9 Å². The number of benzene rings is 2. The van der Waals surface area contributed by atoms with Crippen LogP contribution < -0.4 is 14.2 Å². The third-order valence-electron chi connectivity index (χ3n) is 4.65. The number of fused-ring (bicyclic) bond motifs is 2. The lowest BCUT2D eigenvalue weighted by atomic mass is 9.98. The summed E-state index contributed by atoms with van der Waals surface area (Å²) in [4.78, 5) is 4.55. The van der Waals surface area contributed by atoms with Crippen LogP contribution in [0, 0.1) is 0 Å². The highest BCUT2D eigenvalue weighted by molar-refractivity contribution is 5.81. The fourth-order valence-corrected chi connectivity index (χ4v) is 3.24. The average molecular weight is 351 g/mol. The highest BCUT2D eigenvalue weighted by Crippen LogP contribution is 2.35. The van der Waals surface area contributed by atoms with E-state index in [1.165, 1.54) is 0 Å². The van der Waals surface area contributed by atoms with Gasteiger partial charge >= 0.3 is 0 Å². The Morgan fingerprint density at radius 2 is 1.77 bits per heavy atom. The topological polar surface area (TPSA) is 60.8 Å². The van der Waals surface area contributed by atoms with Gasteiger partial charge in [-0.25, -0.2) is 4.98 Å². The van der Waals surface area contributed by atoms with Crippen molar-refractivity contribution in [2.45, 2.75) is 19.4 Å². The second-order valence-electron chi connectivity index (χ2n) is 6.27. The summed E-state index contributed by atoms with van der Waals surface area (Å²) in [5.74, 6) is 2.04. The van der Waals surface area contributed by atoms with Gasteiger partial charge in [0.2, 0.25) is 5.88 Å². The Bertz CT molecular complexity index is 954. The van der Waals surface area contributed by atoms with Crippen molar-refractivity contribution in [3.63, 3.8) is 0 Å². The minimum atomic E-state index is -0.748. The molecule has 0 amide bonds. The maximum atomic E-state index is 10.8. The van der Waals surface area contributed by atoms with Gasteiger partial charge in [0.05, 0.1) is 12.6 Å². The van der Waals surface area contributed by atoms with Crippen molar-refractivity contribution in [2.75, 3.05) is 20.3 Å². The van der Waals surface area contributed by atoms with E-state index in [-0.39, 0.29) is 0 Å². The average Bonchev–Trinajstić information content (AvgIpc) is 2.71. The van der Waals surface area contributed by atoms with Crippen LogP contribution in [-0.2, 0) is 6.42 Å². The van der Waals surface area contributed by atoms with Crippen molar-refractivity contribution < 1.29 is 19.3 Å². The molecule has 1 unspecified atom stereocenters. The molecule has 1 aromatic heterocycles. The number of aromatic nitrogens is 1. The van der Waals surface area contributed by atoms with Crippen molar-refractivity contribution in [3.05, 3.63) is 59.2 Å². The third-order valence-corrected chi connectivity index (χ3v) is 4.65. The van der Waals surface area contributed by atoms with Crippen molar-refractivity contribution in [1.82, 2.24) is 4.98 Å². The number of ether oxygens (including phenoxy) is 3. The van der Waals surface area contributed by atoms with Gasteiger partial charge in [-0.1, -0.05) is 19.1 Å². The lowest BCUT2D eigenvalue weighted by molar-refractivity contribution is 0.169. The first-order chi connectivity index (χ1) is 12.7. The highest BCUT2D eigenvalue weighted by Gasteiger charge is 2.17. The maximum Gasteiger partial charge on any atom is 0.216 e. The van der Waals surface area contributed by atoms with Gasteiger partial charge in [0.25, 0.3) is 0 Å². The van der Waals surface area contributed by atoms with Crippen LogP contribution in [0.2, 0.25) is 0 Å². The van der Waals surface area contributed by atoms with Crippen molar-refractivity contribution in [3.8, 4) is 17.4 Å². The number of hydrogen-bond donors (Lipinski definition) is 1. The standard InChI is InChI=1S/C21H21NO4/c1-3-13-10-16-11-14(4-6-17(16)22-21(13)24-2)20(23)15-5-7-18-19(12-15)26-9-8-25-18/h4-7,10-12,20,23H,3,8-9H2,1-2H3. The molecule has 1 N–H and O–H groups in total. The van der Waals surface area contributed by atoms with Gasteiger partial charge in [-0.15, -0.1) is 0 Å². The number of aliphatic hydroxyl groups excluding tert-OH is 1.